The van der Waals surface area contributed by atoms with Gasteiger partial charge in [0.15, 0.2) is 0 Å². The summed E-state index contributed by atoms with van der Waals surface area (Å²) >= 11 is 0. The standard InChI is InChI=1S/C20H24N2O4/c1-3-26-18-7-5-4-6-17(18)20(24)22-16-10-8-15(9-11-16)14-19(23)21-12-13-25-2/h4-11H,3,12-14H2,1-2H3,(H,21,23)(H,22,24). The van der Waals surface area contributed by atoms with Crippen molar-refractivity contribution < 1.29 is 19.1 Å². The molecule has 2 amide bonds. The predicted molar refractivity (Wildman–Crippen MR) is 101 cm³/mol. The second kappa shape index (κ2) is 10.2. The molecule has 2 N–H and O–H groups in total. The molecule has 0 fully saturated rings. The summed E-state index contributed by atoms with van der Waals surface area (Å²) < 4.78 is 10.4. The third-order valence-electron chi connectivity index (χ3n) is 3.64. The van der Waals surface area contributed by atoms with Crippen molar-refractivity contribution >= 4 is 17.5 Å². The van der Waals surface area contributed by atoms with Crippen molar-refractivity contribution in [1.82, 2.24) is 5.32 Å². The average molecular weight is 356 g/mol. The highest BCUT2D eigenvalue weighted by molar-refractivity contribution is 6.06. The van der Waals surface area contributed by atoms with E-state index in [0.29, 0.717) is 36.8 Å². The summed E-state index contributed by atoms with van der Waals surface area (Å²) in [5.41, 5.74) is 2.01. The van der Waals surface area contributed by atoms with Crippen molar-refractivity contribution in [2.75, 3.05) is 32.2 Å². The minimum atomic E-state index is -0.237. The Morgan fingerprint density at radius 1 is 1.04 bits per heavy atom. The van der Waals surface area contributed by atoms with Crippen LogP contribution in [0.2, 0.25) is 0 Å². The lowest BCUT2D eigenvalue weighted by Gasteiger charge is -2.11. The minimum Gasteiger partial charge on any atom is -0.493 e. The second-order valence-corrected chi connectivity index (χ2v) is 5.60. The maximum absolute atomic E-state index is 12.5. The summed E-state index contributed by atoms with van der Waals surface area (Å²) in [4.78, 5) is 24.2. The van der Waals surface area contributed by atoms with Gasteiger partial charge in [0.05, 0.1) is 25.2 Å². The van der Waals surface area contributed by atoms with Gasteiger partial charge in [0, 0.05) is 19.3 Å². The Morgan fingerprint density at radius 3 is 2.46 bits per heavy atom. The van der Waals surface area contributed by atoms with Crippen LogP contribution in [0.4, 0.5) is 5.69 Å². The molecule has 0 radical (unpaired) electrons. The zero-order chi connectivity index (χ0) is 18.8. The molecule has 138 valence electrons. The van der Waals surface area contributed by atoms with Crippen molar-refractivity contribution in [3.05, 3.63) is 59.7 Å². The van der Waals surface area contributed by atoms with E-state index < -0.39 is 0 Å². The first-order chi connectivity index (χ1) is 12.6. The van der Waals surface area contributed by atoms with Crippen LogP contribution in [0.25, 0.3) is 0 Å². The van der Waals surface area contributed by atoms with Crippen LogP contribution in [-0.2, 0) is 16.0 Å². The highest BCUT2D eigenvalue weighted by atomic mass is 16.5. The molecule has 0 aliphatic rings. The molecular formula is C20H24N2O4. The molecule has 0 aliphatic carbocycles. The summed E-state index contributed by atoms with van der Waals surface area (Å²) in [5.74, 6) is 0.250. The van der Waals surface area contributed by atoms with Gasteiger partial charge in [-0.15, -0.1) is 0 Å². The van der Waals surface area contributed by atoms with E-state index in [2.05, 4.69) is 10.6 Å². The van der Waals surface area contributed by atoms with Gasteiger partial charge >= 0.3 is 0 Å². The van der Waals surface area contributed by atoms with Crippen LogP contribution in [-0.4, -0.2) is 38.7 Å². The zero-order valence-electron chi connectivity index (χ0n) is 15.1. The average Bonchev–Trinajstić information content (AvgIpc) is 2.64. The van der Waals surface area contributed by atoms with E-state index in [4.69, 9.17) is 9.47 Å². The molecule has 2 aromatic rings. The molecule has 0 saturated carbocycles. The molecule has 0 bridgehead atoms. The fourth-order valence-corrected chi connectivity index (χ4v) is 2.38. The maximum Gasteiger partial charge on any atom is 0.259 e. The fourth-order valence-electron chi connectivity index (χ4n) is 2.38. The number of para-hydroxylation sites is 1. The molecule has 6 heteroatoms. The van der Waals surface area contributed by atoms with Crippen LogP contribution in [0.15, 0.2) is 48.5 Å². The van der Waals surface area contributed by atoms with E-state index in [1.54, 1.807) is 37.4 Å². The Balaban J connectivity index is 1.94. The number of benzene rings is 2. The number of hydrogen-bond acceptors (Lipinski definition) is 4. The summed E-state index contributed by atoms with van der Waals surface area (Å²) in [5, 5.41) is 5.61. The predicted octanol–water partition coefficient (Wildman–Crippen LogP) is 2.64. The monoisotopic (exact) mass is 356 g/mol. The van der Waals surface area contributed by atoms with Crippen LogP contribution >= 0.6 is 0 Å². The van der Waals surface area contributed by atoms with Crippen molar-refractivity contribution in [2.45, 2.75) is 13.3 Å². The van der Waals surface area contributed by atoms with Gasteiger partial charge in [-0.3, -0.25) is 9.59 Å². The van der Waals surface area contributed by atoms with Crippen LogP contribution in [0.3, 0.4) is 0 Å². The summed E-state index contributed by atoms with van der Waals surface area (Å²) in [7, 11) is 1.59. The number of anilines is 1. The Labute approximate surface area is 153 Å². The Bertz CT molecular complexity index is 729. The largest absolute Gasteiger partial charge is 0.493 e. The Hall–Kier alpha value is -2.86. The first-order valence-corrected chi connectivity index (χ1v) is 8.51. The van der Waals surface area contributed by atoms with Gasteiger partial charge in [0.25, 0.3) is 5.91 Å². The smallest absolute Gasteiger partial charge is 0.259 e. The number of hydrogen-bond donors (Lipinski definition) is 2. The van der Waals surface area contributed by atoms with Crippen LogP contribution in [0.5, 0.6) is 5.75 Å². The molecule has 0 unspecified atom stereocenters. The van der Waals surface area contributed by atoms with Gasteiger partial charge < -0.3 is 20.1 Å². The number of carbonyl (C=O) groups excluding carboxylic acids is 2. The van der Waals surface area contributed by atoms with E-state index >= 15 is 0 Å². The topological polar surface area (TPSA) is 76.7 Å². The van der Waals surface area contributed by atoms with E-state index in [1.807, 2.05) is 25.1 Å². The summed E-state index contributed by atoms with van der Waals surface area (Å²) in [6, 6.07) is 14.3. The summed E-state index contributed by atoms with van der Waals surface area (Å²) in [6.45, 7) is 3.34. The third-order valence-corrected chi connectivity index (χ3v) is 3.64. The number of rotatable bonds is 9. The van der Waals surface area contributed by atoms with E-state index in [1.165, 1.54) is 0 Å². The first-order valence-electron chi connectivity index (χ1n) is 8.51. The summed E-state index contributed by atoms with van der Waals surface area (Å²) in [6.07, 6.45) is 0.283. The van der Waals surface area contributed by atoms with E-state index in [-0.39, 0.29) is 18.2 Å². The molecule has 2 rings (SSSR count). The normalized spacial score (nSPS) is 10.2. The highest BCUT2D eigenvalue weighted by Gasteiger charge is 2.12. The third kappa shape index (κ3) is 5.89. The molecule has 0 aliphatic heterocycles. The fraction of sp³-hybridized carbons (Fsp3) is 0.300. The van der Waals surface area contributed by atoms with Crippen LogP contribution < -0.4 is 15.4 Å². The highest BCUT2D eigenvalue weighted by Crippen LogP contribution is 2.20. The molecule has 0 spiro atoms. The van der Waals surface area contributed by atoms with E-state index in [9.17, 15) is 9.59 Å². The molecule has 2 aromatic carbocycles. The minimum absolute atomic E-state index is 0.0653. The SMILES string of the molecule is CCOc1ccccc1C(=O)Nc1ccc(CC(=O)NCCOC)cc1. The van der Waals surface area contributed by atoms with Crippen LogP contribution in [0, 0.1) is 0 Å². The van der Waals surface area contributed by atoms with Gasteiger partial charge in [-0.1, -0.05) is 24.3 Å². The lowest BCUT2D eigenvalue weighted by atomic mass is 10.1. The number of ether oxygens (including phenoxy) is 2. The van der Waals surface area contributed by atoms with Crippen molar-refractivity contribution in [3.8, 4) is 5.75 Å². The van der Waals surface area contributed by atoms with Gasteiger partial charge in [0.1, 0.15) is 5.75 Å². The zero-order valence-corrected chi connectivity index (χ0v) is 15.1. The van der Waals surface area contributed by atoms with Gasteiger partial charge in [-0.2, -0.15) is 0 Å². The van der Waals surface area contributed by atoms with Gasteiger partial charge in [0.2, 0.25) is 5.91 Å². The molecule has 0 atom stereocenters. The molecule has 26 heavy (non-hydrogen) atoms. The lowest BCUT2D eigenvalue weighted by Crippen LogP contribution is -2.28. The number of methoxy groups -OCH3 is 1. The number of carbonyl (C=O) groups is 2. The molecule has 6 nitrogen and oxygen atoms in total. The second-order valence-electron chi connectivity index (χ2n) is 5.60. The molecule has 0 aromatic heterocycles. The van der Waals surface area contributed by atoms with Crippen molar-refractivity contribution in [2.24, 2.45) is 0 Å². The van der Waals surface area contributed by atoms with Crippen molar-refractivity contribution in [1.29, 1.82) is 0 Å². The van der Waals surface area contributed by atoms with Crippen molar-refractivity contribution in [3.63, 3.8) is 0 Å². The Morgan fingerprint density at radius 2 is 1.77 bits per heavy atom. The molecule has 0 heterocycles. The van der Waals surface area contributed by atoms with Gasteiger partial charge in [-0.25, -0.2) is 0 Å². The molecule has 0 saturated heterocycles. The van der Waals surface area contributed by atoms with E-state index in [0.717, 1.165) is 5.56 Å². The first kappa shape index (κ1) is 19.5. The Kier molecular flexibility index (Phi) is 7.64. The van der Waals surface area contributed by atoms with Crippen LogP contribution in [0.1, 0.15) is 22.8 Å². The molecular weight excluding hydrogens is 332 g/mol. The quantitative estimate of drug-likeness (QED) is 0.677. The lowest BCUT2D eigenvalue weighted by molar-refractivity contribution is -0.120. The number of nitrogens with one attached hydrogen (secondary N) is 2. The number of amides is 2. The van der Waals surface area contributed by atoms with Gasteiger partial charge in [-0.05, 0) is 36.8 Å². The maximum atomic E-state index is 12.5.